The van der Waals surface area contributed by atoms with Crippen LogP contribution in [-0.4, -0.2) is 11.2 Å². The molecule has 3 N–H and O–H groups in total. The molecule has 0 spiro atoms. The zero-order valence-electron chi connectivity index (χ0n) is 9.98. The summed E-state index contributed by atoms with van der Waals surface area (Å²) in [6.45, 7) is 0. The lowest BCUT2D eigenvalue weighted by Gasteiger charge is -2.25. The highest BCUT2D eigenvalue weighted by Crippen LogP contribution is 2.33. The van der Waals surface area contributed by atoms with Gasteiger partial charge in [-0.3, -0.25) is 0 Å². The van der Waals surface area contributed by atoms with Gasteiger partial charge in [-0.05, 0) is 59.5 Å². The molecule has 18 heavy (non-hydrogen) atoms. The molecule has 1 aliphatic rings. The molecule has 1 aromatic rings. The smallest absolute Gasteiger partial charge is 0.128 e. The molecule has 1 saturated carbocycles. The average molecular weight is 386 g/mol. The number of rotatable bonds is 3. The van der Waals surface area contributed by atoms with Gasteiger partial charge in [-0.25, -0.2) is 4.39 Å². The standard InChI is InChI=1S/C13H17FINO.ClH/c14-11-6-5-9(15)7-10(11)12(16)13(17)8-3-1-2-4-8;/h5-8,12-13,17H,1-4,16H2;1H/t12-,13+;/m0./s1. The summed E-state index contributed by atoms with van der Waals surface area (Å²) in [5.41, 5.74) is 6.42. The predicted molar refractivity (Wildman–Crippen MR) is 81.3 cm³/mol. The highest BCUT2D eigenvalue weighted by atomic mass is 127. The van der Waals surface area contributed by atoms with Gasteiger partial charge in [0.1, 0.15) is 5.82 Å². The molecule has 1 aromatic carbocycles. The van der Waals surface area contributed by atoms with Crippen LogP contribution in [0.25, 0.3) is 0 Å². The Hall–Kier alpha value is 0.0900. The fourth-order valence-electron chi connectivity index (χ4n) is 2.55. The van der Waals surface area contributed by atoms with Crippen LogP contribution in [0.3, 0.4) is 0 Å². The van der Waals surface area contributed by atoms with Crippen LogP contribution in [0.2, 0.25) is 0 Å². The molecule has 0 unspecified atom stereocenters. The summed E-state index contributed by atoms with van der Waals surface area (Å²) >= 11 is 2.12. The number of nitrogens with two attached hydrogens (primary N) is 1. The minimum absolute atomic E-state index is 0. The van der Waals surface area contributed by atoms with E-state index in [-0.39, 0.29) is 24.1 Å². The maximum absolute atomic E-state index is 13.7. The first-order valence-corrected chi connectivity index (χ1v) is 7.06. The van der Waals surface area contributed by atoms with E-state index < -0.39 is 12.1 Å². The van der Waals surface area contributed by atoms with Gasteiger partial charge >= 0.3 is 0 Å². The normalized spacial score (nSPS) is 19.3. The summed E-state index contributed by atoms with van der Waals surface area (Å²) in [7, 11) is 0. The van der Waals surface area contributed by atoms with Gasteiger partial charge in [0.2, 0.25) is 0 Å². The summed E-state index contributed by atoms with van der Waals surface area (Å²) in [6.07, 6.45) is 3.65. The molecule has 2 nitrogen and oxygen atoms in total. The SMILES string of the molecule is Cl.N[C@@H](c1cc(I)ccc1F)[C@H](O)C1CCCC1. The molecular formula is C13H18ClFINO. The fourth-order valence-corrected chi connectivity index (χ4v) is 3.06. The monoisotopic (exact) mass is 385 g/mol. The van der Waals surface area contributed by atoms with Crippen LogP contribution in [0.1, 0.15) is 37.3 Å². The quantitative estimate of drug-likeness (QED) is 0.783. The van der Waals surface area contributed by atoms with Crippen molar-refractivity contribution in [2.45, 2.75) is 37.8 Å². The van der Waals surface area contributed by atoms with Gasteiger partial charge in [0, 0.05) is 9.13 Å². The molecule has 5 heteroatoms. The van der Waals surface area contributed by atoms with Crippen molar-refractivity contribution in [2.75, 3.05) is 0 Å². The summed E-state index contributed by atoms with van der Waals surface area (Å²) in [5, 5.41) is 10.2. The Labute approximate surface area is 127 Å². The van der Waals surface area contributed by atoms with Crippen LogP contribution in [0, 0.1) is 15.3 Å². The zero-order valence-corrected chi connectivity index (χ0v) is 13.0. The van der Waals surface area contributed by atoms with Crippen molar-refractivity contribution in [1.82, 2.24) is 0 Å². The second-order valence-corrected chi connectivity index (χ2v) is 5.97. The van der Waals surface area contributed by atoms with Crippen LogP contribution in [-0.2, 0) is 0 Å². The maximum atomic E-state index is 13.7. The molecule has 0 aliphatic heterocycles. The van der Waals surface area contributed by atoms with Crippen molar-refractivity contribution in [3.8, 4) is 0 Å². The van der Waals surface area contributed by atoms with E-state index in [2.05, 4.69) is 22.6 Å². The van der Waals surface area contributed by atoms with Crippen molar-refractivity contribution < 1.29 is 9.50 Å². The summed E-state index contributed by atoms with van der Waals surface area (Å²) in [5.74, 6) is -0.0998. The lowest BCUT2D eigenvalue weighted by atomic mass is 9.91. The lowest BCUT2D eigenvalue weighted by molar-refractivity contribution is 0.0832. The molecule has 0 radical (unpaired) electrons. The molecule has 102 valence electrons. The maximum Gasteiger partial charge on any atom is 0.128 e. The summed E-state index contributed by atoms with van der Waals surface area (Å²) < 4.78 is 14.6. The number of halogens is 3. The first-order chi connectivity index (χ1) is 8.09. The van der Waals surface area contributed by atoms with Crippen LogP contribution in [0.15, 0.2) is 18.2 Å². The van der Waals surface area contributed by atoms with E-state index in [1.54, 1.807) is 12.1 Å². The largest absolute Gasteiger partial charge is 0.391 e. The second-order valence-electron chi connectivity index (χ2n) is 4.73. The topological polar surface area (TPSA) is 46.2 Å². The van der Waals surface area contributed by atoms with Crippen LogP contribution in [0.5, 0.6) is 0 Å². The highest BCUT2D eigenvalue weighted by Gasteiger charge is 2.30. The van der Waals surface area contributed by atoms with Crippen molar-refractivity contribution in [2.24, 2.45) is 11.7 Å². The zero-order chi connectivity index (χ0) is 12.4. The van der Waals surface area contributed by atoms with Crippen LogP contribution < -0.4 is 5.73 Å². The Bertz CT molecular complexity index is 399. The van der Waals surface area contributed by atoms with Crippen molar-refractivity contribution >= 4 is 35.0 Å². The molecule has 0 saturated heterocycles. The minimum atomic E-state index is -0.634. The Morgan fingerprint density at radius 2 is 1.94 bits per heavy atom. The molecule has 0 aromatic heterocycles. The van der Waals surface area contributed by atoms with Gasteiger partial charge in [-0.15, -0.1) is 12.4 Å². The van der Waals surface area contributed by atoms with Gasteiger partial charge in [0.05, 0.1) is 12.1 Å². The Morgan fingerprint density at radius 1 is 1.33 bits per heavy atom. The Morgan fingerprint density at radius 3 is 2.56 bits per heavy atom. The molecule has 2 atom stereocenters. The number of aliphatic hydroxyl groups is 1. The third-order valence-electron chi connectivity index (χ3n) is 3.57. The van der Waals surface area contributed by atoms with Gasteiger partial charge in [0.25, 0.3) is 0 Å². The third-order valence-corrected chi connectivity index (χ3v) is 4.24. The number of hydrogen-bond donors (Lipinski definition) is 2. The Kier molecular flexibility index (Phi) is 6.30. The molecule has 0 bridgehead atoms. The van der Waals surface area contributed by atoms with Crippen LogP contribution in [0.4, 0.5) is 4.39 Å². The number of benzene rings is 1. The second kappa shape index (κ2) is 7.03. The number of hydrogen-bond acceptors (Lipinski definition) is 2. The first kappa shape index (κ1) is 16.1. The van der Waals surface area contributed by atoms with Crippen molar-refractivity contribution in [1.29, 1.82) is 0 Å². The van der Waals surface area contributed by atoms with E-state index in [4.69, 9.17) is 5.73 Å². The van der Waals surface area contributed by atoms with E-state index in [1.807, 2.05) is 0 Å². The van der Waals surface area contributed by atoms with E-state index in [0.717, 1.165) is 29.3 Å². The molecular weight excluding hydrogens is 368 g/mol. The Balaban J connectivity index is 0.00000162. The lowest BCUT2D eigenvalue weighted by Crippen LogP contribution is -2.32. The average Bonchev–Trinajstić information content (AvgIpc) is 2.84. The molecule has 1 aliphatic carbocycles. The minimum Gasteiger partial charge on any atom is -0.391 e. The van der Waals surface area contributed by atoms with Gasteiger partial charge in [-0.2, -0.15) is 0 Å². The third kappa shape index (κ3) is 3.56. The predicted octanol–water partition coefficient (Wildman–Crippen LogP) is 3.40. The molecule has 1 fully saturated rings. The van der Waals surface area contributed by atoms with E-state index >= 15 is 0 Å². The van der Waals surface area contributed by atoms with Crippen molar-refractivity contribution in [3.63, 3.8) is 0 Å². The molecule has 2 rings (SSSR count). The molecule has 0 amide bonds. The van der Waals surface area contributed by atoms with Gasteiger partial charge in [0.15, 0.2) is 0 Å². The number of aliphatic hydroxyl groups excluding tert-OH is 1. The van der Waals surface area contributed by atoms with Crippen molar-refractivity contribution in [3.05, 3.63) is 33.1 Å². The van der Waals surface area contributed by atoms with Gasteiger partial charge in [-0.1, -0.05) is 12.8 Å². The first-order valence-electron chi connectivity index (χ1n) is 5.98. The summed E-state index contributed by atoms with van der Waals surface area (Å²) in [4.78, 5) is 0. The van der Waals surface area contributed by atoms with E-state index in [9.17, 15) is 9.50 Å². The van der Waals surface area contributed by atoms with Gasteiger partial charge < -0.3 is 10.8 Å². The van der Waals surface area contributed by atoms with Crippen LogP contribution >= 0.6 is 35.0 Å². The van der Waals surface area contributed by atoms with E-state index in [1.165, 1.54) is 6.07 Å². The fraction of sp³-hybridized carbons (Fsp3) is 0.538. The van der Waals surface area contributed by atoms with E-state index in [0.29, 0.717) is 5.56 Å². The molecule has 0 heterocycles. The highest BCUT2D eigenvalue weighted by molar-refractivity contribution is 14.1. The summed E-state index contributed by atoms with van der Waals surface area (Å²) in [6, 6.07) is 4.22.